The monoisotopic (exact) mass is 582 g/mol. The first-order valence-electron chi connectivity index (χ1n) is 12.5. The minimum atomic E-state index is -1.13. The van der Waals surface area contributed by atoms with Crippen molar-refractivity contribution >= 4 is 62.4 Å². The summed E-state index contributed by atoms with van der Waals surface area (Å²) in [5.74, 6) is -1.89. The third-order valence-corrected chi connectivity index (χ3v) is 7.56. The molecule has 3 aromatic heterocycles. The van der Waals surface area contributed by atoms with E-state index in [0.29, 0.717) is 10.6 Å². The van der Waals surface area contributed by atoms with Crippen molar-refractivity contribution in [3.63, 3.8) is 0 Å². The Morgan fingerprint density at radius 1 is 1.10 bits per heavy atom. The van der Waals surface area contributed by atoms with E-state index in [1.165, 1.54) is 11.3 Å². The number of nitrogens with one attached hydrogen (secondary N) is 4. The number of carbonyl (C=O) groups excluding carboxylic acids is 4. The lowest BCUT2D eigenvalue weighted by Gasteiger charge is -2.22. The van der Waals surface area contributed by atoms with Gasteiger partial charge in [0.25, 0.3) is 11.8 Å². The predicted octanol–water partition coefficient (Wildman–Crippen LogP) is 3.69. The third-order valence-electron chi connectivity index (χ3n) is 5.62. The molecule has 3 heterocycles. The Bertz CT molecular complexity index is 1520. The number of esters is 1. The number of hydrogen-bond acceptors (Lipinski definition) is 9. The third kappa shape index (κ3) is 7.51. The molecule has 0 aliphatic carbocycles. The number of aromatic amines is 1. The number of H-pyrrole nitrogens is 1. The average molecular weight is 583 g/mol. The van der Waals surface area contributed by atoms with Crippen LogP contribution in [0.5, 0.6) is 0 Å². The molecule has 0 unspecified atom stereocenters. The molecule has 0 saturated heterocycles. The number of thiazole rings is 1. The van der Waals surface area contributed by atoms with Gasteiger partial charge in [-0.15, -0.1) is 11.3 Å². The van der Waals surface area contributed by atoms with E-state index in [9.17, 15) is 19.2 Å². The van der Waals surface area contributed by atoms with E-state index < -0.39 is 17.9 Å². The fourth-order valence-corrected chi connectivity index (χ4v) is 5.20. The number of aryl methyl sites for hydroxylation is 1. The number of aromatic nitrogens is 3. The first-order valence-corrected chi connectivity index (χ1v) is 14.2. The maximum Gasteiger partial charge on any atom is 0.330 e. The predicted molar refractivity (Wildman–Crippen MR) is 154 cm³/mol. The highest BCUT2D eigenvalue weighted by Crippen LogP contribution is 2.24. The van der Waals surface area contributed by atoms with Crippen molar-refractivity contribution in [1.82, 2.24) is 25.8 Å². The van der Waals surface area contributed by atoms with Crippen LogP contribution in [-0.2, 0) is 20.7 Å². The number of ether oxygens (including phenoxy) is 1. The van der Waals surface area contributed by atoms with Gasteiger partial charge in [-0.3, -0.25) is 19.5 Å². The number of anilines is 1. The van der Waals surface area contributed by atoms with Crippen LogP contribution in [0.4, 0.5) is 5.13 Å². The molecular weight excluding hydrogens is 552 g/mol. The van der Waals surface area contributed by atoms with Crippen LogP contribution >= 0.6 is 22.7 Å². The van der Waals surface area contributed by atoms with E-state index in [2.05, 4.69) is 31.1 Å². The number of rotatable bonds is 10. The quantitative estimate of drug-likeness (QED) is 0.208. The molecule has 4 N–H and O–H groups in total. The van der Waals surface area contributed by atoms with Crippen molar-refractivity contribution in [3.8, 4) is 0 Å². The van der Waals surface area contributed by atoms with E-state index >= 15 is 0 Å². The maximum atomic E-state index is 13.2. The number of hydrogen-bond donors (Lipinski definition) is 4. The van der Waals surface area contributed by atoms with Gasteiger partial charge in [-0.05, 0) is 35.4 Å². The molecule has 0 saturated carbocycles. The van der Waals surface area contributed by atoms with Gasteiger partial charge in [0.05, 0.1) is 35.3 Å². The highest BCUT2D eigenvalue weighted by atomic mass is 32.1. The van der Waals surface area contributed by atoms with Gasteiger partial charge >= 0.3 is 5.97 Å². The summed E-state index contributed by atoms with van der Waals surface area (Å²) < 4.78 is 5.42. The first kappa shape index (κ1) is 28.9. The fourth-order valence-electron chi connectivity index (χ4n) is 3.68. The molecule has 1 aromatic carbocycles. The summed E-state index contributed by atoms with van der Waals surface area (Å²) in [5, 5.41) is 17.8. The molecule has 11 nitrogen and oxygen atoms in total. The second kappa shape index (κ2) is 12.4. The number of nitrogens with zero attached hydrogens (tertiary/aromatic N) is 2. The summed E-state index contributed by atoms with van der Waals surface area (Å²) >= 11 is 2.26. The zero-order valence-electron chi connectivity index (χ0n) is 22.5. The highest BCUT2D eigenvalue weighted by Gasteiger charge is 2.27. The number of benzene rings is 1. The molecule has 0 fully saturated rings. The van der Waals surface area contributed by atoms with Crippen LogP contribution in [0.15, 0.2) is 41.9 Å². The molecular formula is C27H30N6O5S2. The van der Waals surface area contributed by atoms with Gasteiger partial charge in [0, 0.05) is 11.9 Å². The molecule has 13 heteroatoms. The van der Waals surface area contributed by atoms with Gasteiger partial charge in [-0.1, -0.05) is 50.3 Å². The van der Waals surface area contributed by atoms with Crippen LogP contribution in [0.2, 0.25) is 0 Å². The topological polar surface area (TPSA) is 155 Å². The molecule has 4 rings (SSSR count). The second-order valence-corrected chi connectivity index (χ2v) is 12.2. The molecule has 0 radical (unpaired) electrons. The SMILES string of the molecule is Cc1nc(NC(=O)Cc2cccc3[nH]ncc23)sc1C(=O)N[C@@H](CNC(=O)c1cccs1)C(=O)OCC(C)(C)C. The van der Waals surface area contributed by atoms with Crippen molar-refractivity contribution in [1.29, 1.82) is 0 Å². The summed E-state index contributed by atoms with van der Waals surface area (Å²) in [4.78, 5) is 56.2. The lowest BCUT2D eigenvalue weighted by molar-refractivity contribution is -0.148. The van der Waals surface area contributed by atoms with Gasteiger partial charge in [0.2, 0.25) is 5.91 Å². The molecule has 0 aliphatic rings. The zero-order valence-corrected chi connectivity index (χ0v) is 24.1. The fraction of sp³-hybridized carbons (Fsp3) is 0.333. The number of amides is 3. The van der Waals surface area contributed by atoms with E-state index in [4.69, 9.17) is 4.74 Å². The molecule has 0 bridgehead atoms. The summed E-state index contributed by atoms with van der Waals surface area (Å²) in [5.41, 5.74) is 1.74. The van der Waals surface area contributed by atoms with Crippen molar-refractivity contribution in [2.75, 3.05) is 18.5 Å². The zero-order chi connectivity index (χ0) is 28.9. The van der Waals surface area contributed by atoms with Gasteiger partial charge in [-0.2, -0.15) is 5.10 Å². The van der Waals surface area contributed by atoms with Crippen LogP contribution < -0.4 is 16.0 Å². The molecule has 0 aliphatic heterocycles. The molecule has 4 aromatic rings. The second-order valence-electron chi connectivity index (χ2n) is 10.3. The van der Waals surface area contributed by atoms with Gasteiger partial charge in [0.1, 0.15) is 10.9 Å². The standard InChI is InChI=1S/C27H30N6O5S2/c1-15-22(40-26(30-15)32-21(34)11-16-7-5-8-18-17(16)12-29-33-18)24(36)31-19(25(37)38-14-27(2,3)4)13-28-23(35)20-9-6-10-39-20/h5-10,12,19H,11,13-14H2,1-4H3,(H,28,35)(H,29,33)(H,31,36)(H,30,32,34)/t19-/m0/s1. The summed E-state index contributed by atoms with van der Waals surface area (Å²) in [6, 6.07) is 7.84. The summed E-state index contributed by atoms with van der Waals surface area (Å²) in [6.07, 6.45) is 1.77. The Labute approximate surface area is 238 Å². The Balaban J connectivity index is 1.42. The first-order chi connectivity index (χ1) is 19.0. The molecule has 1 atom stereocenters. The Kier molecular flexibility index (Phi) is 8.95. The van der Waals surface area contributed by atoms with Crippen molar-refractivity contribution < 1.29 is 23.9 Å². The molecule has 0 spiro atoms. The van der Waals surface area contributed by atoms with E-state index in [-0.39, 0.29) is 46.8 Å². The van der Waals surface area contributed by atoms with Crippen LogP contribution in [0.25, 0.3) is 10.9 Å². The summed E-state index contributed by atoms with van der Waals surface area (Å²) in [6.45, 7) is 7.36. The number of carbonyl (C=O) groups is 4. The van der Waals surface area contributed by atoms with Crippen molar-refractivity contribution in [3.05, 3.63) is 62.9 Å². The lowest BCUT2D eigenvalue weighted by atomic mass is 9.99. The van der Waals surface area contributed by atoms with Crippen molar-refractivity contribution in [2.45, 2.75) is 40.2 Å². The molecule has 40 heavy (non-hydrogen) atoms. The Hall–Kier alpha value is -4.10. The minimum absolute atomic E-state index is 0.0999. The largest absolute Gasteiger partial charge is 0.464 e. The lowest BCUT2D eigenvalue weighted by Crippen LogP contribution is -2.49. The van der Waals surface area contributed by atoms with Crippen LogP contribution in [0.3, 0.4) is 0 Å². The number of fused-ring (bicyclic) bond motifs is 1. The highest BCUT2D eigenvalue weighted by molar-refractivity contribution is 7.17. The Morgan fingerprint density at radius 3 is 2.62 bits per heavy atom. The van der Waals surface area contributed by atoms with E-state index in [1.54, 1.807) is 30.6 Å². The summed E-state index contributed by atoms with van der Waals surface area (Å²) in [7, 11) is 0. The minimum Gasteiger partial charge on any atom is -0.464 e. The van der Waals surface area contributed by atoms with Crippen LogP contribution in [0.1, 0.15) is 51.4 Å². The van der Waals surface area contributed by atoms with Gasteiger partial charge in [0.15, 0.2) is 5.13 Å². The molecule has 3 amide bonds. The van der Waals surface area contributed by atoms with Gasteiger partial charge in [-0.25, -0.2) is 9.78 Å². The van der Waals surface area contributed by atoms with Gasteiger partial charge < -0.3 is 20.7 Å². The molecule has 210 valence electrons. The van der Waals surface area contributed by atoms with Crippen LogP contribution in [-0.4, -0.2) is 58.1 Å². The van der Waals surface area contributed by atoms with E-state index in [1.807, 2.05) is 39.0 Å². The van der Waals surface area contributed by atoms with Crippen LogP contribution in [0, 0.1) is 12.3 Å². The normalized spacial score (nSPS) is 12.1. The Morgan fingerprint density at radius 2 is 1.90 bits per heavy atom. The van der Waals surface area contributed by atoms with E-state index in [0.717, 1.165) is 27.8 Å². The average Bonchev–Trinajstić information content (AvgIpc) is 3.66. The maximum absolute atomic E-state index is 13.2. The number of thiophene rings is 1. The smallest absolute Gasteiger partial charge is 0.330 e. The van der Waals surface area contributed by atoms with Crippen molar-refractivity contribution in [2.24, 2.45) is 5.41 Å².